The van der Waals surface area contributed by atoms with Crippen LogP contribution in [-0.2, 0) is 19.6 Å². The van der Waals surface area contributed by atoms with E-state index in [1.807, 2.05) is 0 Å². The molecule has 7 nitrogen and oxygen atoms in total. The van der Waals surface area contributed by atoms with Crippen molar-refractivity contribution in [1.82, 2.24) is 0 Å². The molecule has 0 aliphatic heterocycles. The van der Waals surface area contributed by atoms with E-state index in [-0.39, 0.29) is 9.75 Å². The lowest BCUT2D eigenvalue weighted by Crippen LogP contribution is -2.06. The Labute approximate surface area is 101 Å². The van der Waals surface area contributed by atoms with Gasteiger partial charge in [-0.2, -0.15) is 8.42 Å². The first-order valence-corrected chi connectivity index (χ1v) is 6.35. The Kier molecular flexibility index (Phi) is 3.86. The Morgan fingerprint density at radius 3 is 2.18 bits per heavy atom. The topological polar surface area (TPSA) is 107 Å². The van der Waals surface area contributed by atoms with Crippen molar-refractivity contribution >= 4 is 33.4 Å². The van der Waals surface area contributed by atoms with Gasteiger partial charge in [0, 0.05) is 0 Å². The largest absolute Gasteiger partial charge is 0.465 e. The highest BCUT2D eigenvalue weighted by Gasteiger charge is 2.27. The van der Waals surface area contributed by atoms with Crippen molar-refractivity contribution in [2.45, 2.75) is 4.90 Å². The van der Waals surface area contributed by atoms with Crippen LogP contribution < -0.4 is 0 Å². The predicted molar refractivity (Wildman–Crippen MR) is 56.8 cm³/mol. The molecular formula is C8H8O7S2. The fourth-order valence-corrected chi connectivity index (χ4v) is 2.99. The van der Waals surface area contributed by atoms with Crippen LogP contribution >= 0.6 is 11.3 Å². The van der Waals surface area contributed by atoms with Crippen LogP contribution in [0.2, 0.25) is 0 Å². The number of ether oxygens (including phenoxy) is 2. The summed E-state index contributed by atoms with van der Waals surface area (Å²) in [5, 5.41) is 0. The molecule has 1 aromatic heterocycles. The minimum absolute atomic E-state index is 0.125. The molecule has 0 bridgehead atoms. The fraction of sp³-hybridized carbons (Fsp3) is 0.250. The molecule has 17 heavy (non-hydrogen) atoms. The summed E-state index contributed by atoms with van der Waals surface area (Å²) < 4.78 is 39.6. The summed E-state index contributed by atoms with van der Waals surface area (Å²) in [4.78, 5) is 21.3. The van der Waals surface area contributed by atoms with Crippen LogP contribution in [0.5, 0.6) is 0 Å². The zero-order valence-electron chi connectivity index (χ0n) is 8.79. The van der Waals surface area contributed by atoms with Crippen molar-refractivity contribution in [3.05, 3.63) is 15.8 Å². The zero-order valence-corrected chi connectivity index (χ0v) is 10.4. The van der Waals surface area contributed by atoms with Crippen LogP contribution in [0.3, 0.4) is 0 Å². The van der Waals surface area contributed by atoms with Crippen molar-refractivity contribution in [3.8, 4) is 0 Å². The summed E-state index contributed by atoms with van der Waals surface area (Å²) >= 11 is 0.563. The molecule has 0 atom stereocenters. The molecule has 0 fully saturated rings. The molecule has 0 spiro atoms. The molecule has 0 aliphatic carbocycles. The number of rotatable bonds is 3. The average molecular weight is 280 g/mol. The highest BCUT2D eigenvalue weighted by atomic mass is 32.2. The van der Waals surface area contributed by atoms with E-state index in [4.69, 9.17) is 4.55 Å². The van der Waals surface area contributed by atoms with Gasteiger partial charge in [0.25, 0.3) is 10.1 Å². The van der Waals surface area contributed by atoms with E-state index in [1.165, 1.54) is 0 Å². The van der Waals surface area contributed by atoms with Gasteiger partial charge in [0.1, 0.15) is 14.6 Å². The second kappa shape index (κ2) is 4.82. The highest BCUT2D eigenvalue weighted by molar-refractivity contribution is 7.86. The van der Waals surface area contributed by atoms with Gasteiger partial charge in [0.05, 0.1) is 14.2 Å². The molecule has 0 saturated carbocycles. The second-order valence-electron chi connectivity index (χ2n) is 2.76. The number of carbonyl (C=O) groups is 2. The third-order valence-electron chi connectivity index (χ3n) is 1.73. The Bertz CT molecular complexity index is 554. The van der Waals surface area contributed by atoms with E-state index in [0.717, 1.165) is 20.3 Å². The molecule has 0 unspecified atom stereocenters. The van der Waals surface area contributed by atoms with Gasteiger partial charge in [-0.25, -0.2) is 9.59 Å². The van der Waals surface area contributed by atoms with E-state index < -0.39 is 27.0 Å². The van der Waals surface area contributed by atoms with Gasteiger partial charge in [-0.1, -0.05) is 0 Å². The van der Waals surface area contributed by atoms with Crippen LogP contribution in [-0.4, -0.2) is 39.1 Å². The summed E-state index contributed by atoms with van der Waals surface area (Å²) in [6.07, 6.45) is 0. The Morgan fingerprint density at radius 2 is 1.76 bits per heavy atom. The number of esters is 2. The third-order valence-corrected chi connectivity index (χ3v) is 3.84. The number of hydrogen-bond donors (Lipinski definition) is 1. The molecule has 1 aromatic rings. The Morgan fingerprint density at radius 1 is 1.24 bits per heavy atom. The molecule has 1 heterocycles. The normalized spacial score (nSPS) is 11.0. The van der Waals surface area contributed by atoms with Gasteiger partial charge in [-0.3, -0.25) is 4.55 Å². The summed E-state index contributed by atoms with van der Waals surface area (Å²) in [7, 11) is -2.45. The third kappa shape index (κ3) is 2.81. The van der Waals surface area contributed by atoms with Crippen LogP contribution in [0, 0.1) is 0 Å². The monoisotopic (exact) mass is 280 g/mol. The van der Waals surface area contributed by atoms with E-state index in [0.29, 0.717) is 11.3 Å². The van der Waals surface area contributed by atoms with Crippen LogP contribution in [0.15, 0.2) is 11.0 Å². The van der Waals surface area contributed by atoms with Crippen molar-refractivity contribution in [2.75, 3.05) is 14.2 Å². The molecular weight excluding hydrogens is 272 g/mol. The predicted octanol–water partition coefficient (Wildman–Crippen LogP) is 0.568. The summed E-state index contributed by atoms with van der Waals surface area (Å²) in [6, 6.07) is 0.859. The molecule has 9 heteroatoms. The molecule has 0 amide bonds. The van der Waals surface area contributed by atoms with Crippen molar-refractivity contribution in [3.63, 3.8) is 0 Å². The van der Waals surface area contributed by atoms with Crippen LogP contribution in [0.1, 0.15) is 19.3 Å². The maximum absolute atomic E-state index is 11.3. The number of hydrogen-bond acceptors (Lipinski definition) is 7. The minimum Gasteiger partial charge on any atom is -0.465 e. The fourth-order valence-electron chi connectivity index (χ4n) is 1.00. The van der Waals surface area contributed by atoms with E-state index in [1.54, 1.807) is 0 Å². The van der Waals surface area contributed by atoms with Gasteiger partial charge in [-0.15, -0.1) is 11.3 Å². The lowest BCUT2D eigenvalue weighted by atomic mass is 10.4. The van der Waals surface area contributed by atoms with Crippen molar-refractivity contribution < 1.29 is 32.0 Å². The van der Waals surface area contributed by atoms with E-state index in [2.05, 4.69) is 9.47 Å². The summed E-state index contributed by atoms with van der Waals surface area (Å²) in [5.74, 6) is -1.77. The van der Waals surface area contributed by atoms with Gasteiger partial charge >= 0.3 is 11.9 Å². The van der Waals surface area contributed by atoms with Crippen LogP contribution in [0.4, 0.5) is 0 Å². The van der Waals surface area contributed by atoms with Crippen LogP contribution in [0.25, 0.3) is 0 Å². The quantitative estimate of drug-likeness (QED) is 0.637. The molecule has 1 rings (SSSR count). The lowest BCUT2D eigenvalue weighted by Gasteiger charge is -1.97. The van der Waals surface area contributed by atoms with Gasteiger partial charge < -0.3 is 9.47 Å². The minimum atomic E-state index is -4.61. The first-order chi connectivity index (χ1) is 7.81. The standard InChI is InChI=1S/C8H8O7S2/c1-14-7(9)4-3-5(17(11,12)13)6(16-4)8(10)15-2/h3H,1-2H3,(H,11,12,13). The Balaban J connectivity index is 3.42. The molecule has 94 valence electrons. The Hall–Kier alpha value is -1.45. The number of thiophene rings is 1. The summed E-state index contributed by atoms with van der Waals surface area (Å²) in [5.41, 5.74) is 0. The maximum Gasteiger partial charge on any atom is 0.349 e. The van der Waals surface area contributed by atoms with Gasteiger partial charge in [0.2, 0.25) is 0 Å². The SMILES string of the molecule is COC(=O)c1cc(S(=O)(=O)O)c(C(=O)OC)s1. The molecule has 0 radical (unpaired) electrons. The highest BCUT2D eigenvalue weighted by Crippen LogP contribution is 2.27. The van der Waals surface area contributed by atoms with Crippen molar-refractivity contribution in [1.29, 1.82) is 0 Å². The van der Waals surface area contributed by atoms with E-state index in [9.17, 15) is 18.0 Å². The van der Waals surface area contributed by atoms with E-state index >= 15 is 0 Å². The van der Waals surface area contributed by atoms with Gasteiger partial charge in [-0.05, 0) is 6.07 Å². The summed E-state index contributed by atoms with van der Waals surface area (Å²) in [6.45, 7) is 0. The number of methoxy groups -OCH3 is 2. The zero-order chi connectivity index (χ0) is 13.2. The smallest absolute Gasteiger partial charge is 0.349 e. The molecule has 0 saturated heterocycles. The second-order valence-corrected chi connectivity index (χ2v) is 5.20. The first-order valence-electron chi connectivity index (χ1n) is 4.09. The molecule has 0 aliphatic rings. The average Bonchev–Trinajstić information content (AvgIpc) is 2.71. The first kappa shape index (κ1) is 13.6. The lowest BCUT2D eigenvalue weighted by molar-refractivity contribution is 0.0596. The molecule has 0 aromatic carbocycles. The number of carbonyl (C=O) groups excluding carboxylic acids is 2. The van der Waals surface area contributed by atoms with Crippen molar-refractivity contribution in [2.24, 2.45) is 0 Å². The maximum atomic E-state index is 11.3. The van der Waals surface area contributed by atoms with Gasteiger partial charge in [0.15, 0.2) is 0 Å². The molecule has 1 N–H and O–H groups in total.